The quantitative estimate of drug-likeness (QED) is 0.441. The van der Waals surface area contributed by atoms with Crippen LogP contribution in [0.25, 0.3) is 0 Å². The lowest BCUT2D eigenvalue weighted by Gasteiger charge is -2.18. The molecule has 0 saturated carbocycles. The third-order valence-electron chi connectivity index (χ3n) is 4.19. The molecule has 2 rings (SSSR count). The number of esters is 2. The Labute approximate surface area is 152 Å². The van der Waals surface area contributed by atoms with Gasteiger partial charge in [-0.2, -0.15) is 0 Å². The second-order valence-electron chi connectivity index (χ2n) is 6.08. The fraction of sp³-hybridized carbons (Fsp3) is 0.350. The highest BCUT2D eigenvalue weighted by Crippen LogP contribution is 2.42. The highest BCUT2D eigenvalue weighted by Gasteiger charge is 2.39. The SMILES string of the molecule is C=C(C=O)[C@@H]1Oc2ccc(C(C)OC(=O)/C(C)=C/C)cc2[C@H]1OC(C)=O. The van der Waals surface area contributed by atoms with E-state index in [1.807, 2.05) is 0 Å². The highest BCUT2D eigenvalue weighted by atomic mass is 16.6. The third kappa shape index (κ3) is 4.02. The van der Waals surface area contributed by atoms with E-state index in [4.69, 9.17) is 14.2 Å². The minimum absolute atomic E-state index is 0.178. The first-order chi connectivity index (χ1) is 12.3. The summed E-state index contributed by atoms with van der Waals surface area (Å²) < 4.78 is 16.5. The molecule has 0 aromatic heterocycles. The van der Waals surface area contributed by atoms with E-state index in [0.717, 1.165) is 5.56 Å². The molecule has 6 nitrogen and oxygen atoms in total. The monoisotopic (exact) mass is 358 g/mol. The maximum atomic E-state index is 11.9. The molecule has 0 saturated heterocycles. The lowest BCUT2D eigenvalue weighted by molar-refractivity contribution is -0.149. The van der Waals surface area contributed by atoms with Crippen molar-refractivity contribution in [2.75, 3.05) is 0 Å². The van der Waals surface area contributed by atoms with Crippen LogP contribution in [-0.2, 0) is 23.9 Å². The van der Waals surface area contributed by atoms with Crippen molar-refractivity contribution in [2.24, 2.45) is 0 Å². The zero-order valence-corrected chi connectivity index (χ0v) is 15.3. The standard InChI is InChI=1S/C20H22O6/c1-6-11(2)20(23)24-13(4)15-7-8-17-16(9-15)19(25-14(5)22)18(26-17)12(3)10-21/h6-10,13,18-19H,3H2,1-2,4-5H3/b11-6+/t13?,18-,19+/m0/s1. The van der Waals surface area contributed by atoms with Crippen molar-refractivity contribution in [3.05, 3.63) is 53.1 Å². The number of benzene rings is 1. The third-order valence-corrected chi connectivity index (χ3v) is 4.19. The number of hydrogen-bond acceptors (Lipinski definition) is 6. The summed E-state index contributed by atoms with van der Waals surface area (Å²) in [4.78, 5) is 34.5. The molecule has 26 heavy (non-hydrogen) atoms. The second kappa shape index (κ2) is 7.99. The van der Waals surface area contributed by atoms with Crippen LogP contribution in [0.15, 0.2) is 42.0 Å². The Morgan fingerprint density at radius 1 is 1.31 bits per heavy atom. The zero-order valence-electron chi connectivity index (χ0n) is 15.3. The van der Waals surface area contributed by atoms with Gasteiger partial charge in [-0.1, -0.05) is 18.7 Å². The molecule has 6 heteroatoms. The summed E-state index contributed by atoms with van der Waals surface area (Å²) in [6.07, 6.45) is 0.204. The average Bonchev–Trinajstić information content (AvgIpc) is 2.97. The van der Waals surface area contributed by atoms with Gasteiger partial charge in [0.1, 0.15) is 18.1 Å². The number of ether oxygens (including phenoxy) is 3. The second-order valence-corrected chi connectivity index (χ2v) is 6.08. The van der Waals surface area contributed by atoms with Gasteiger partial charge in [-0.15, -0.1) is 0 Å². The van der Waals surface area contributed by atoms with Crippen molar-refractivity contribution in [1.29, 1.82) is 0 Å². The van der Waals surface area contributed by atoms with Crippen molar-refractivity contribution in [2.45, 2.75) is 46.0 Å². The molecular formula is C20H22O6. The minimum atomic E-state index is -0.777. The number of fused-ring (bicyclic) bond motifs is 1. The van der Waals surface area contributed by atoms with E-state index < -0.39 is 30.3 Å². The molecule has 0 fully saturated rings. The maximum Gasteiger partial charge on any atom is 0.333 e. The van der Waals surface area contributed by atoms with Crippen molar-refractivity contribution < 1.29 is 28.6 Å². The fourth-order valence-electron chi connectivity index (χ4n) is 2.59. The predicted octanol–water partition coefficient (Wildman–Crippen LogP) is 3.38. The molecule has 138 valence electrons. The maximum absolute atomic E-state index is 11.9. The molecule has 3 atom stereocenters. The van der Waals surface area contributed by atoms with Gasteiger partial charge >= 0.3 is 11.9 Å². The van der Waals surface area contributed by atoms with Crippen LogP contribution in [0.3, 0.4) is 0 Å². The van der Waals surface area contributed by atoms with Gasteiger partial charge in [0.2, 0.25) is 0 Å². The first-order valence-electron chi connectivity index (χ1n) is 8.24. The van der Waals surface area contributed by atoms with E-state index in [9.17, 15) is 14.4 Å². The van der Waals surface area contributed by atoms with Crippen LogP contribution >= 0.6 is 0 Å². The number of carbonyl (C=O) groups is 3. The van der Waals surface area contributed by atoms with Gasteiger partial charge in [-0.05, 0) is 38.5 Å². The van der Waals surface area contributed by atoms with E-state index in [2.05, 4.69) is 6.58 Å². The smallest absolute Gasteiger partial charge is 0.333 e. The molecule has 1 aliphatic rings. The largest absolute Gasteiger partial charge is 0.481 e. The number of rotatable bonds is 6. The van der Waals surface area contributed by atoms with Crippen LogP contribution in [0.4, 0.5) is 0 Å². The van der Waals surface area contributed by atoms with Gasteiger partial charge in [0, 0.05) is 23.6 Å². The molecule has 0 bridgehead atoms. The summed E-state index contributed by atoms with van der Waals surface area (Å²) in [5, 5.41) is 0. The number of hydrogen-bond donors (Lipinski definition) is 0. The Hall–Kier alpha value is -2.89. The van der Waals surface area contributed by atoms with E-state index >= 15 is 0 Å². The molecule has 1 aromatic rings. The Balaban J connectivity index is 2.31. The van der Waals surface area contributed by atoms with Gasteiger partial charge < -0.3 is 14.2 Å². The Morgan fingerprint density at radius 2 is 2.00 bits per heavy atom. The molecule has 0 aliphatic carbocycles. The number of aldehydes is 1. The van der Waals surface area contributed by atoms with Gasteiger partial charge in [-0.3, -0.25) is 9.59 Å². The lowest BCUT2D eigenvalue weighted by atomic mass is 9.99. The summed E-state index contributed by atoms with van der Waals surface area (Å²) in [6.45, 7) is 10.1. The summed E-state index contributed by atoms with van der Waals surface area (Å²) in [5.74, 6) is -0.402. The van der Waals surface area contributed by atoms with Gasteiger partial charge in [0.25, 0.3) is 0 Å². The van der Waals surface area contributed by atoms with E-state index in [0.29, 0.717) is 23.2 Å². The average molecular weight is 358 g/mol. The first-order valence-corrected chi connectivity index (χ1v) is 8.24. The fourth-order valence-corrected chi connectivity index (χ4v) is 2.59. The topological polar surface area (TPSA) is 78.9 Å². The van der Waals surface area contributed by atoms with Crippen LogP contribution in [0.1, 0.15) is 51.0 Å². The van der Waals surface area contributed by atoms with Crippen molar-refractivity contribution in [3.8, 4) is 5.75 Å². The van der Waals surface area contributed by atoms with Crippen LogP contribution in [0, 0.1) is 0 Å². The summed E-state index contributed by atoms with van der Waals surface area (Å²) in [6, 6.07) is 5.22. The van der Waals surface area contributed by atoms with Crippen molar-refractivity contribution >= 4 is 18.2 Å². The molecule has 1 heterocycles. The zero-order chi connectivity index (χ0) is 19.4. The van der Waals surface area contributed by atoms with Crippen LogP contribution in [0.2, 0.25) is 0 Å². The minimum Gasteiger partial charge on any atom is -0.481 e. The Bertz CT molecular complexity index is 777. The summed E-state index contributed by atoms with van der Waals surface area (Å²) >= 11 is 0. The first kappa shape index (κ1) is 19.4. The van der Waals surface area contributed by atoms with Gasteiger partial charge in [-0.25, -0.2) is 4.79 Å². The molecule has 1 unspecified atom stereocenters. The van der Waals surface area contributed by atoms with E-state index in [1.54, 1.807) is 45.0 Å². The van der Waals surface area contributed by atoms with E-state index in [1.165, 1.54) is 6.92 Å². The molecule has 0 radical (unpaired) electrons. The van der Waals surface area contributed by atoms with Crippen LogP contribution in [-0.4, -0.2) is 24.3 Å². The van der Waals surface area contributed by atoms with Crippen molar-refractivity contribution in [1.82, 2.24) is 0 Å². The molecule has 1 aromatic carbocycles. The van der Waals surface area contributed by atoms with Gasteiger partial charge in [0.15, 0.2) is 12.2 Å². The normalized spacial score (nSPS) is 19.8. The predicted molar refractivity (Wildman–Crippen MR) is 94.5 cm³/mol. The van der Waals surface area contributed by atoms with Gasteiger partial charge in [0.05, 0.1) is 0 Å². The van der Waals surface area contributed by atoms with Crippen LogP contribution in [0.5, 0.6) is 5.75 Å². The molecule has 0 spiro atoms. The van der Waals surface area contributed by atoms with Crippen molar-refractivity contribution in [3.63, 3.8) is 0 Å². The van der Waals surface area contributed by atoms with E-state index in [-0.39, 0.29) is 5.57 Å². The Kier molecular flexibility index (Phi) is 5.97. The molecule has 0 N–H and O–H groups in total. The molecule has 1 aliphatic heterocycles. The lowest BCUT2D eigenvalue weighted by Crippen LogP contribution is -2.25. The summed E-state index contributed by atoms with van der Waals surface area (Å²) in [5.41, 5.74) is 2.02. The number of carbonyl (C=O) groups excluding carboxylic acids is 3. The van der Waals surface area contributed by atoms with Crippen LogP contribution < -0.4 is 4.74 Å². The Morgan fingerprint density at radius 3 is 2.58 bits per heavy atom. The summed E-state index contributed by atoms with van der Waals surface area (Å²) in [7, 11) is 0. The number of allylic oxidation sites excluding steroid dienone is 1. The molecular weight excluding hydrogens is 336 g/mol. The highest BCUT2D eigenvalue weighted by molar-refractivity contribution is 5.87. The molecule has 0 amide bonds.